The predicted molar refractivity (Wildman–Crippen MR) is 111 cm³/mol. The van der Waals surface area contributed by atoms with Crippen LogP contribution in [0.5, 0.6) is 5.75 Å². The minimum absolute atomic E-state index is 0.0181. The van der Waals surface area contributed by atoms with Gasteiger partial charge in [0.2, 0.25) is 0 Å². The molecule has 0 saturated carbocycles. The van der Waals surface area contributed by atoms with Crippen LogP contribution in [0.15, 0.2) is 59.3 Å². The van der Waals surface area contributed by atoms with E-state index in [0.29, 0.717) is 17.1 Å². The van der Waals surface area contributed by atoms with E-state index < -0.39 is 16.8 Å². The molecule has 0 atom stereocenters. The molecule has 30 heavy (non-hydrogen) atoms. The first-order chi connectivity index (χ1) is 14.3. The van der Waals surface area contributed by atoms with E-state index in [2.05, 4.69) is 0 Å². The van der Waals surface area contributed by atoms with Crippen molar-refractivity contribution in [3.05, 3.63) is 80.0 Å². The van der Waals surface area contributed by atoms with Crippen molar-refractivity contribution in [1.82, 2.24) is 0 Å². The maximum Gasteiger partial charge on any atom is 0.340 e. The summed E-state index contributed by atoms with van der Waals surface area (Å²) in [4.78, 5) is 37.6. The number of hydrogen-bond acceptors (Lipinski definition) is 6. The molecule has 2 aromatic rings. The number of anilines is 1. The molecule has 2 aromatic carbocycles. The average molecular weight is 429 g/mol. The SMILES string of the molecule is COC(=O)C1=C(C)N(c2cccc(OC)c2)C(=O)/C1=C\c1cc([N+](=O)[O-])ccc1Cl. The fraction of sp³-hybridized carbons (Fsp3) is 0.143. The Labute approximate surface area is 177 Å². The highest BCUT2D eigenvalue weighted by molar-refractivity contribution is 6.32. The normalized spacial score (nSPS) is 15.0. The number of amides is 1. The molecule has 0 bridgehead atoms. The molecule has 154 valence electrons. The van der Waals surface area contributed by atoms with E-state index in [0.717, 1.165) is 0 Å². The van der Waals surface area contributed by atoms with Gasteiger partial charge in [0, 0.05) is 34.5 Å². The number of nitro groups is 1. The Kier molecular flexibility index (Phi) is 5.89. The zero-order chi connectivity index (χ0) is 22.0. The number of carbonyl (C=O) groups excluding carboxylic acids is 2. The Morgan fingerprint density at radius 1 is 1.20 bits per heavy atom. The largest absolute Gasteiger partial charge is 0.497 e. The van der Waals surface area contributed by atoms with Crippen LogP contribution in [-0.4, -0.2) is 31.0 Å². The van der Waals surface area contributed by atoms with Crippen LogP contribution in [0.1, 0.15) is 12.5 Å². The first-order valence-electron chi connectivity index (χ1n) is 8.72. The quantitative estimate of drug-likeness (QED) is 0.307. The summed E-state index contributed by atoms with van der Waals surface area (Å²) >= 11 is 6.18. The van der Waals surface area contributed by atoms with Gasteiger partial charge < -0.3 is 9.47 Å². The summed E-state index contributed by atoms with van der Waals surface area (Å²) in [5.74, 6) is -0.672. The Bertz CT molecular complexity index is 1120. The number of carbonyl (C=O) groups is 2. The zero-order valence-corrected chi connectivity index (χ0v) is 17.1. The monoisotopic (exact) mass is 428 g/mol. The summed E-state index contributed by atoms with van der Waals surface area (Å²) in [6.07, 6.45) is 1.35. The van der Waals surface area contributed by atoms with Gasteiger partial charge in [-0.05, 0) is 31.2 Å². The summed E-state index contributed by atoms with van der Waals surface area (Å²) in [7, 11) is 2.71. The highest BCUT2D eigenvalue weighted by Crippen LogP contribution is 2.37. The molecule has 1 aliphatic heterocycles. The van der Waals surface area contributed by atoms with E-state index in [1.165, 1.54) is 43.4 Å². The molecule has 0 aromatic heterocycles. The highest BCUT2D eigenvalue weighted by Gasteiger charge is 2.38. The summed E-state index contributed by atoms with van der Waals surface area (Å²) in [6.45, 7) is 1.61. The van der Waals surface area contributed by atoms with E-state index in [4.69, 9.17) is 21.1 Å². The molecule has 0 spiro atoms. The lowest BCUT2D eigenvalue weighted by Crippen LogP contribution is -2.24. The van der Waals surface area contributed by atoms with Crippen molar-refractivity contribution in [2.45, 2.75) is 6.92 Å². The van der Waals surface area contributed by atoms with Gasteiger partial charge in [-0.2, -0.15) is 0 Å². The van der Waals surface area contributed by atoms with Crippen LogP contribution in [0.3, 0.4) is 0 Å². The number of allylic oxidation sites excluding steroid dienone is 1. The van der Waals surface area contributed by atoms with Gasteiger partial charge in [-0.1, -0.05) is 17.7 Å². The number of nitro benzene ring substituents is 1. The minimum atomic E-state index is -0.709. The molecule has 3 rings (SSSR count). The molecule has 8 nitrogen and oxygen atoms in total. The topological polar surface area (TPSA) is 99.0 Å². The van der Waals surface area contributed by atoms with Crippen molar-refractivity contribution in [3.63, 3.8) is 0 Å². The molecule has 0 unspecified atom stereocenters. The van der Waals surface area contributed by atoms with Crippen LogP contribution in [0.2, 0.25) is 5.02 Å². The van der Waals surface area contributed by atoms with Gasteiger partial charge in [-0.15, -0.1) is 0 Å². The Hall–Kier alpha value is -3.65. The van der Waals surface area contributed by atoms with Crippen LogP contribution in [-0.2, 0) is 14.3 Å². The molecule has 1 amide bonds. The summed E-state index contributed by atoms with van der Waals surface area (Å²) in [5, 5.41) is 11.3. The van der Waals surface area contributed by atoms with Gasteiger partial charge in [0.25, 0.3) is 11.6 Å². The fourth-order valence-electron chi connectivity index (χ4n) is 3.15. The Morgan fingerprint density at radius 2 is 1.93 bits per heavy atom. The lowest BCUT2D eigenvalue weighted by atomic mass is 10.0. The predicted octanol–water partition coefficient (Wildman–Crippen LogP) is 4.13. The Balaban J connectivity index is 2.18. The van der Waals surface area contributed by atoms with Gasteiger partial charge in [-0.25, -0.2) is 4.79 Å². The third kappa shape index (κ3) is 3.77. The van der Waals surface area contributed by atoms with Crippen molar-refractivity contribution in [2.75, 3.05) is 19.1 Å². The molecular formula is C21H17ClN2O6. The van der Waals surface area contributed by atoms with E-state index in [1.54, 1.807) is 31.2 Å². The molecular weight excluding hydrogens is 412 g/mol. The molecule has 0 saturated heterocycles. The number of hydrogen-bond donors (Lipinski definition) is 0. The first kappa shape index (κ1) is 21.1. The summed E-state index contributed by atoms with van der Waals surface area (Å²) < 4.78 is 10.1. The zero-order valence-electron chi connectivity index (χ0n) is 16.3. The molecule has 1 heterocycles. The third-order valence-electron chi connectivity index (χ3n) is 4.59. The van der Waals surface area contributed by atoms with Crippen molar-refractivity contribution in [1.29, 1.82) is 0 Å². The van der Waals surface area contributed by atoms with Crippen molar-refractivity contribution >= 4 is 40.9 Å². The van der Waals surface area contributed by atoms with Crippen LogP contribution in [0.4, 0.5) is 11.4 Å². The number of nitrogens with zero attached hydrogens (tertiary/aromatic N) is 2. The fourth-order valence-corrected chi connectivity index (χ4v) is 3.32. The van der Waals surface area contributed by atoms with E-state index in [1.807, 2.05) is 0 Å². The first-order valence-corrected chi connectivity index (χ1v) is 9.10. The van der Waals surface area contributed by atoms with Crippen LogP contribution in [0.25, 0.3) is 6.08 Å². The van der Waals surface area contributed by atoms with E-state index in [9.17, 15) is 19.7 Å². The van der Waals surface area contributed by atoms with E-state index in [-0.39, 0.29) is 27.4 Å². The lowest BCUT2D eigenvalue weighted by Gasteiger charge is -2.18. The smallest absolute Gasteiger partial charge is 0.340 e. The minimum Gasteiger partial charge on any atom is -0.497 e. The maximum absolute atomic E-state index is 13.3. The standard InChI is InChI=1S/C21H17ClN2O6/c1-12-19(21(26)30-3)17(10-13-9-15(24(27)28)7-8-18(13)22)20(25)23(12)14-5-4-6-16(11-14)29-2/h4-11H,1-3H3/b17-10-. The number of halogens is 1. The second-order valence-corrected chi connectivity index (χ2v) is 6.72. The summed E-state index contributed by atoms with van der Waals surface area (Å²) in [6, 6.07) is 10.6. The molecule has 0 aliphatic carbocycles. The van der Waals surface area contributed by atoms with E-state index >= 15 is 0 Å². The Morgan fingerprint density at radius 3 is 2.57 bits per heavy atom. The maximum atomic E-state index is 13.3. The number of ether oxygens (including phenoxy) is 2. The number of rotatable bonds is 5. The van der Waals surface area contributed by atoms with Crippen LogP contribution < -0.4 is 9.64 Å². The number of benzene rings is 2. The summed E-state index contributed by atoms with van der Waals surface area (Å²) in [5.41, 5.74) is 0.953. The molecule has 1 aliphatic rings. The second kappa shape index (κ2) is 8.38. The highest BCUT2D eigenvalue weighted by atomic mass is 35.5. The van der Waals surface area contributed by atoms with Crippen LogP contribution in [0, 0.1) is 10.1 Å². The van der Waals surface area contributed by atoms with Gasteiger partial charge >= 0.3 is 5.97 Å². The lowest BCUT2D eigenvalue weighted by molar-refractivity contribution is -0.384. The number of methoxy groups -OCH3 is 2. The third-order valence-corrected chi connectivity index (χ3v) is 4.94. The molecule has 0 fully saturated rings. The van der Waals surface area contributed by atoms with Gasteiger partial charge in [0.1, 0.15) is 5.75 Å². The number of non-ortho nitro benzene ring substituents is 1. The second-order valence-electron chi connectivity index (χ2n) is 6.31. The molecule has 0 N–H and O–H groups in total. The van der Waals surface area contributed by atoms with Gasteiger partial charge in [0.05, 0.1) is 36.0 Å². The van der Waals surface area contributed by atoms with Gasteiger partial charge in [0.15, 0.2) is 0 Å². The van der Waals surface area contributed by atoms with Crippen molar-refractivity contribution in [2.24, 2.45) is 0 Å². The average Bonchev–Trinajstić information content (AvgIpc) is 2.98. The van der Waals surface area contributed by atoms with Crippen molar-refractivity contribution in [3.8, 4) is 5.75 Å². The van der Waals surface area contributed by atoms with Gasteiger partial charge in [-0.3, -0.25) is 19.8 Å². The molecule has 0 radical (unpaired) electrons. The van der Waals surface area contributed by atoms with Crippen LogP contribution >= 0.6 is 11.6 Å². The molecule has 9 heteroatoms. The van der Waals surface area contributed by atoms with Crippen molar-refractivity contribution < 1.29 is 24.0 Å². The number of esters is 1.